The number of aromatic nitrogens is 1. The third kappa shape index (κ3) is 5.11. The highest BCUT2D eigenvalue weighted by atomic mass is 16.6. The fourth-order valence-corrected chi connectivity index (χ4v) is 3.88. The number of benzene rings is 3. The zero-order valence-corrected chi connectivity index (χ0v) is 19.6. The molecule has 8 nitrogen and oxygen atoms in total. The van der Waals surface area contributed by atoms with Crippen molar-refractivity contribution in [3.05, 3.63) is 111 Å². The molecule has 3 aromatic carbocycles. The molecule has 0 spiro atoms. The molecule has 176 valence electrons. The van der Waals surface area contributed by atoms with E-state index in [1.165, 1.54) is 12.1 Å². The highest BCUT2D eigenvalue weighted by Crippen LogP contribution is 2.26. The summed E-state index contributed by atoms with van der Waals surface area (Å²) in [5.41, 5.74) is 8.81. The summed E-state index contributed by atoms with van der Waals surface area (Å²) in [5.74, 6) is 0.278. The Hall–Kier alpha value is -4.72. The van der Waals surface area contributed by atoms with E-state index in [2.05, 4.69) is 15.1 Å². The minimum Gasteiger partial charge on any atom is -0.497 e. The number of amides is 1. The summed E-state index contributed by atoms with van der Waals surface area (Å²) in [5, 5.41) is 15.0. The van der Waals surface area contributed by atoms with Crippen LogP contribution in [-0.4, -0.2) is 28.7 Å². The molecular formula is C27H24N4O4. The first-order chi connectivity index (χ1) is 16.9. The summed E-state index contributed by atoms with van der Waals surface area (Å²) in [6.07, 6.45) is 1.63. The number of carbonyl (C=O) groups excluding carboxylic acids is 1. The molecule has 0 unspecified atom stereocenters. The van der Waals surface area contributed by atoms with Crippen LogP contribution in [0.15, 0.2) is 84.0 Å². The van der Waals surface area contributed by atoms with Gasteiger partial charge in [-0.15, -0.1) is 0 Å². The highest BCUT2D eigenvalue weighted by molar-refractivity contribution is 5.95. The molecule has 0 aliphatic heterocycles. The van der Waals surface area contributed by atoms with Crippen LogP contribution in [0.3, 0.4) is 0 Å². The second kappa shape index (κ2) is 10.0. The lowest BCUT2D eigenvalue weighted by Crippen LogP contribution is -2.17. The summed E-state index contributed by atoms with van der Waals surface area (Å²) in [4.78, 5) is 22.8. The number of nitrogens with one attached hydrogen (secondary N) is 1. The molecule has 1 N–H and O–H groups in total. The molecule has 0 radical (unpaired) electrons. The average Bonchev–Trinajstić information content (AvgIpc) is 3.16. The topological polar surface area (TPSA) is 98.8 Å². The van der Waals surface area contributed by atoms with Crippen LogP contribution in [0.1, 0.15) is 27.3 Å². The number of ether oxygens (including phenoxy) is 1. The number of hydrogen-bond donors (Lipinski definition) is 1. The number of rotatable bonds is 7. The largest absolute Gasteiger partial charge is 0.497 e. The molecule has 0 saturated heterocycles. The monoisotopic (exact) mass is 468 g/mol. The second-order valence-electron chi connectivity index (χ2n) is 7.94. The predicted molar refractivity (Wildman–Crippen MR) is 135 cm³/mol. The summed E-state index contributed by atoms with van der Waals surface area (Å²) >= 11 is 0. The second-order valence-corrected chi connectivity index (χ2v) is 7.94. The molecule has 35 heavy (non-hydrogen) atoms. The van der Waals surface area contributed by atoms with Crippen LogP contribution in [-0.2, 0) is 0 Å². The van der Waals surface area contributed by atoms with Gasteiger partial charge in [0.2, 0.25) is 0 Å². The molecule has 0 bridgehead atoms. The molecule has 8 heteroatoms. The van der Waals surface area contributed by atoms with Crippen LogP contribution in [0.5, 0.6) is 5.75 Å². The Kier molecular flexibility index (Phi) is 6.73. The first-order valence-electron chi connectivity index (χ1n) is 10.9. The Labute approximate surface area is 202 Å². The Morgan fingerprint density at radius 3 is 2.29 bits per heavy atom. The van der Waals surface area contributed by atoms with Gasteiger partial charge < -0.3 is 9.30 Å². The predicted octanol–water partition coefficient (Wildman–Crippen LogP) is 5.44. The molecule has 4 aromatic rings. The number of nitrogens with zero attached hydrogens (tertiary/aromatic N) is 3. The lowest BCUT2D eigenvalue weighted by molar-refractivity contribution is -0.384. The van der Waals surface area contributed by atoms with Gasteiger partial charge in [0.25, 0.3) is 11.6 Å². The Morgan fingerprint density at radius 2 is 1.66 bits per heavy atom. The smallest absolute Gasteiger partial charge is 0.271 e. The molecule has 0 aliphatic carbocycles. The van der Waals surface area contributed by atoms with Crippen LogP contribution in [0.4, 0.5) is 5.69 Å². The maximum atomic E-state index is 12.4. The highest BCUT2D eigenvalue weighted by Gasteiger charge is 2.11. The zero-order valence-electron chi connectivity index (χ0n) is 19.6. The lowest BCUT2D eigenvalue weighted by Gasteiger charge is -2.11. The fourth-order valence-electron chi connectivity index (χ4n) is 3.88. The van der Waals surface area contributed by atoms with E-state index in [-0.39, 0.29) is 11.6 Å². The molecule has 1 aromatic heterocycles. The number of aryl methyl sites for hydroxylation is 1. The maximum absolute atomic E-state index is 12.4. The molecule has 1 amide bonds. The third-order valence-corrected chi connectivity index (χ3v) is 5.71. The summed E-state index contributed by atoms with van der Waals surface area (Å²) in [6.45, 7) is 3.99. The van der Waals surface area contributed by atoms with Crippen molar-refractivity contribution in [2.24, 2.45) is 5.10 Å². The third-order valence-electron chi connectivity index (χ3n) is 5.71. The quantitative estimate of drug-likeness (QED) is 0.222. The van der Waals surface area contributed by atoms with Gasteiger partial charge in [-0.05, 0) is 73.5 Å². The molecule has 1 heterocycles. The van der Waals surface area contributed by atoms with E-state index in [0.29, 0.717) is 11.3 Å². The lowest BCUT2D eigenvalue weighted by atomic mass is 10.0. The number of nitro benzene ring substituents is 1. The van der Waals surface area contributed by atoms with Gasteiger partial charge in [0.1, 0.15) is 5.75 Å². The van der Waals surface area contributed by atoms with Gasteiger partial charge >= 0.3 is 0 Å². The van der Waals surface area contributed by atoms with E-state index in [0.717, 1.165) is 33.8 Å². The molecule has 0 atom stereocenters. The van der Waals surface area contributed by atoms with Gasteiger partial charge in [0.05, 0.1) is 18.2 Å². The Balaban J connectivity index is 1.50. The van der Waals surface area contributed by atoms with Gasteiger partial charge in [0.15, 0.2) is 0 Å². The van der Waals surface area contributed by atoms with Gasteiger partial charge in [0, 0.05) is 40.3 Å². The number of non-ortho nitro benzene ring substituents is 1. The van der Waals surface area contributed by atoms with E-state index in [1.54, 1.807) is 49.7 Å². The Bertz CT molecular complexity index is 1400. The minimum absolute atomic E-state index is 0.0674. The fraction of sp³-hybridized carbons (Fsp3) is 0.111. The first kappa shape index (κ1) is 23.4. The van der Waals surface area contributed by atoms with Gasteiger partial charge in [-0.3, -0.25) is 14.9 Å². The van der Waals surface area contributed by atoms with E-state index in [1.807, 2.05) is 44.2 Å². The van der Waals surface area contributed by atoms with Crippen molar-refractivity contribution in [2.75, 3.05) is 7.11 Å². The standard InChI is InChI=1S/C27H24N4O4/c1-18-15-23(17-28-29-27(32)22-5-4-6-26(16-22)35-3)19(2)30(18)24-11-7-20(8-12-24)21-9-13-25(14-10-21)31(33)34/h4-17H,1-3H3,(H,29,32)/b28-17+. The van der Waals surface area contributed by atoms with Crippen molar-refractivity contribution >= 4 is 17.8 Å². The van der Waals surface area contributed by atoms with Gasteiger partial charge in [-0.1, -0.05) is 18.2 Å². The Morgan fingerprint density at radius 1 is 1.00 bits per heavy atom. The summed E-state index contributed by atoms with van der Waals surface area (Å²) < 4.78 is 7.25. The van der Waals surface area contributed by atoms with Crippen LogP contribution in [0, 0.1) is 24.0 Å². The van der Waals surface area contributed by atoms with Gasteiger partial charge in [-0.2, -0.15) is 5.10 Å². The number of hydrazone groups is 1. The summed E-state index contributed by atoms with van der Waals surface area (Å²) in [7, 11) is 1.55. The first-order valence-corrected chi connectivity index (χ1v) is 10.9. The van der Waals surface area contributed by atoms with Crippen molar-refractivity contribution in [1.29, 1.82) is 0 Å². The minimum atomic E-state index is -0.407. The van der Waals surface area contributed by atoms with Crippen molar-refractivity contribution in [3.63, 3.8) is 0 Å². The van der Waals surface area contributed by atoms with E-state index < -0.39 is 4.92 Å². The summed E-state index contributed by atoms with van der Waals surface area (Å²) in [6, 6.07) is 23.3. The number of methoxy groups -OCH3 is 1. The van der Waals surface area contributed by atoms with Crippen molar-refractivity contribution in [1.82, 2.24) is 9.99 Å². The van der Waals surface area contributed by atoms with Crippen molar-refractivity contribution in [2.45, 2.75) is 13.8 Å². The molecule has 0 fully saturated rings. The molecule has 0 saturated carbocycles. The van der Waals surface area contributed by atoms with Crippen molar-refractivity contribution in [3.8, 4) is 22.6 Å². The number of carbonyl (C=O) groups is 1. The van der Waals surface area contributed by atoms with Crippen LogP contribution >= 0.6 is 0 Å². The van der Waals surface area contributed by atoms with E-state index in [4.69, 9.17) is 4.74 Å². The van der Waals surface area contributed by atoms with E-state index >= 15 is 0 Å². The maximum Gasteiger partial charge on any atom is 0.271 e. The van der Waals surface area contributed by atoms with Crippen LogP contribution < -0.4 is 10.2 Å². The average molecular weight is 469 g/mol. The van der Waals surface area contributed by atoms with Crippen molar-refractivity contribution < 1.29 is 14.5 Å². The molecule has 4 rings (SSSR count). The number of nitro groups is 1. The zero-order chi connectivity index (χ0) is 24.9. The SMILES string of the molecule is COc1cccc(C(=O)N/N=C/c2cc(C)n(-c3ccc(-c4ccc([N+](=O)[O-])cc4)cc3)c2C)c1. The van der Waals surface area contributed by atoms with Crippen LogP contribution in [0.2, 0.25) is 0 Å². The number of hydrogen-bond acceptors (Lipinski definition) is 5. The molecule has 0 aliphatic rings. The van der Waals surface area contributed by atoms with E-state index in [9.17, 15) is 14.9 Å². The molecular weight excluding hydrogens is 444 g/mol. The normalized spacial score (nSPS) is 10.9. The van der Waals surface area contributed by atoms with Gasteiger partial charge in [-0.25, -0.2) is 5.43 Å². The van der Waals surface area contributed by atoms with Crippen LogP contribution in [0.25, 0.3) is 16.8 Å².